The SMILES string of the molecule is CCCCCC/C=C\c1cccc(/C=C\CCCCCC)c1NC(C)=O. The van der Waals surface area contributed by atoms with E-state index in [1.807, 2.05) is 0 Å². The third-order valence-corrected chi connectivity index (χ3v) is 4.47. The minimum atomic E-state index is -0.0219. The fraction of sp³-hybridized carbons (Fsp3) is 0.542. The summed E-state index contributed by atoms with van der Waals surface area (Å²) in [5.74, 6) is -0.0219. The van der Waals surface area contributed by atoms with Crippen LogP contribution < -0.4 is 5.32 Å². The summed E-state index contributed by atoms with van der Waals surface area (Å²) >= 11 is 0. The third-order valence-electron chi connectivity index (χ3n) is 4.47. The van der Waals surface area contributed by atoms with Gasteiger partial charge in [-0.3, -0.25) is 4.79 Å². The van der Waals surface area contributed by atoms with E-state index in [2.05, 4.69) is 61.7 Å². The molecule has 0 aliphatic heterocycles. The van der Waals surface area contributed by atoms with Crippen LogP contribution in [0.25, 0.3) is 12.2 Å². The average molecular weight is 356 g/mol. The zero-order valence-electron chi connectivity index (χ0n) is 17.0. The first kappa shape index (κ1) is 22.2. The van der Waals surface area contributed by atoms with Crippen molar-refractivity contribution in [3.63, 3.8) is 0 Å². The van der Waals surface area contributed by atoms with Crippen LogP contribution >= 0.6 is 0 Å². The molecule has 144 valence electrons. The molecule has 1 aromatic carbocycles. The van der Waals surface area contributed by atoms with Crippen LogP contribution in [0.4, 0.5) is 5.69 Å². The number of para-hydroxylation sites is 1. The highest BCUT2D eigenvalue weighted by atomic mass is 16.1. The standard InChI is InChI=1S/C24H37NO/c1-4-6-8-10-12-14-17-22-19-16-20-23(24(22)25-21(3)26)18-15-13-11-9-7-5-2/h14-20H,4-13H2,1-3H3,(H,25,26)/b17-14-,18-15-. The van der Waals surface area contributed by atoms with E-state index in [1.54, 1.807) is 6.92 Å². The van der Waals surface area contributed by atoms with Gasteiger partial charge in [-0.05, 0) is 36.8 Å². The molecule has 0 aliphatic rings. The molecule has 0 atom stereocenters. The van der Waals surface area contributed by atoms with Gasteiger partial charge in [0.15, 0.2) is 0 Å². The first-order valence-corrected chi connectivity index (χ1v) is 10.4. The van der Waals surface area contributed by atoms with Crippen molar-refractivity contribution in [3.05, 3.63) is 41.5 Å². The molecular formula is C24H37NO. The van der Waals surface area contributed by atoms with E-state index >= 15 is 0 Å². The molecule has 0 bridgehead atoms. The van der Waals surface area contributed by atoms with Crippen LogP contribution in [0.2, 0.25) is 0 Å². The maximum atomic E-state index is 11.7. The van der Waals surface area contributed by atoms with Crippen LogP contribution in [0.3, 0.4) is 0 Å². The zero-order valence-corrected chi connectivity index (χ0v) is 17.0. The number of nitrogens with one attached hydrogen (secondary N) is 1. The monoisotopic (exact) mass is 355 g/mol. The lowest BCUT2D eigenvalue weighted by Gasteiger charge is -2.11. The van der Waals surface area contributed by atoms with Crippen LogP contribution in [-0.4, -0.2) is 5.91 Å². The lowest BCUT2D eigenvalue weighted by molar-refractivity contribution is -0.114. The van der Waals surface area contributed by atoms with Gasteiger partial charge in [0.1, 0.15) is 0 Å². The molecule has 0 spiro atoms. The molecule has 0 heterocycles. The molecule has 0 saturated heterocycles. The van der Waals surface area contributed by atoms with E-state index in [0.717, 1.165) is 29.7 Å². The maximum absolute atomic E-state index is 11.7. The van der Waals surface area contributed by atoms with Gasteiger partial charge >= 0.3 is 0 Å². The van der Waals surface area contributed by atoms with Gasteiger partial charge in [-0.15, -0.1) is 0 Å². The quantitative estimate of drug-likeness (QED) is 0.362. The Kier molecular flexibility index (Phi) is 12.3. The largest absolute Gasteiger partial charge is 0.325 e. The highest BCUT2D eigenvalue weighted by Crippen LogP contribution is 2.25. The normalized spacial score (nSPS) is 11.5. The lowest BCUT2D eigenvalue weighted by atomic mass is 10.0. The molecular weight excluding hydrogens is 318 g/mol. The summed E-state index contributed by atoms with van der Waals surface area (Å²) in [6, 6.07) is 6.22. The predicted octanol–water partition coefficient (Wildman–Crippen LogP) is 7.61. The average Bonchev–Trinajstić information content (AvgIpc) is 2.62. The van der Waals surface area contributed by atoms with Gasteiger partial charge in [0.25, 0.3) is 0 Å². The second-order valence-corrected chi connectivity index (χ2v) is 7.00. The number of benzene rings is 1. The summed E-state index contributed by atoms with van der Waals surface area (Å²) in [6.45, 7) is 6.04. The number of allylic oxidation sites excluding steroid dienone is 2. The van der Waals surface area contributed by atoms with Crippen LogP contribution in [-0.2, 0) is 4.79 Å². The third kappa shape index (κ3) is 9.60. The van der Waals surface area contributed by atoms with Crippen molar-refractivity contribution in [1.29, 1.82) is 0 Å². The number of hydrogen-bond acceptors (Lipinski definition) is 1. The van der Waals surface area contributed by atoms with Gasteiger partial charge in [0.2, 0.25) is 5.91 Å². The lowest BCUT2D eigenvalue weighted by Crippen LogP contribution is -2.08. The summed E-state index contributed by atoms with van der Waals surface area (Å²) < 4.78 is 0. The number of hydrogen-bond donors (Lipinski definition) is 1. The number of amides is 1. The first-order chi connectivity index (χ1) is 12.7. The molecule has 0 aliphatic carbocycles. The Morgan fingerprint density at radius 1 is 0.846 bits per heavy atom. The number of carbonyl (C=O) groups is 1. The summed E-state index contributed by atoms with van der Waals surface area (Å²) in [5.41, 5.74) is 3.10. The molecule has 0 fully saturated rings. The van der Waals surface area contributed by atoms with Crippen molar-refractivity contribution >= 4 is 23.7 Å². The highest BCUT2D eigenvalue weighted by molar-refractivity contribution is 5.94. The Morgan fingerprint density at radius 2 is 1.35 bits per heavy atom. The summed E-state index contributed by atoms with van der Waals surface area (Å²) in [4.78, 5) is 11.7. The molecule has 2 heteroatoms. The van der Waals surface area contributed by atoms with E-state index in [0.29, 0.717) is 0 Å². The van der Waals surface area contributed by atoms with Gasteiger partial charge in [-0.25, -0.2) is 0 Å². The molecule has 1 aromatic rings. The Bertz CT molecular complexity index is 531. The van der Waals surface area contributed by atoms with Gasteiger partial charge in [-0.2, -0.15) is 0 Å². The topological polar surface area (TPSA) is 29.1 Å². The maximum Gasteiger partial charge on any atom is 0.221 e. The van der Waals surface area contributed by atoms with E-state index < -0.39 is 0 Å². The zero-order chi connectivity index (χ0) is 19.0. The van der Waals surface area contributed by atoms with Crippen LogP contribution in [0.15, 0.2) is 30.4 Å². The minimum Gasteiger partial charge on any atom is -0.325 e. The second kappa shape index (κ2) is 14.4. The van der Waals surface area contributed by atoms with Gasteiger partial charge in [0, 0.05) is 6.92 Å². The summed E-state index contributed by atoms with van der Waals surface area (Å²) in [7, 11) is 0. The molecule has 1 N–H and O–H groups in total. The first-order valence-electron chi connectivity index (χ1n) is 10.4. The van der Waals surface area contributed by atoms with Gasteiger partial charge in [0.05, 0.1) is 5.69 Å². The second-order valence-electron chi connectivity index (χ2n) is 7.00. The van der Waals surface area contributed by atoms with Crippen LogP contribution in [0.1, 0.15) is 96.1 Å². The molecule has 1 rings (SSSR count). The Labute approximate surface area is 160 Å². The molecule has 0 saturated carbocycles. The molecule has 0 radical (unpaired) electrons. The van der Waals surface area contributed by atoms with Crippen molar-refractivity contribution < 1.29 is 4.79 Å². The van der Waals surface area contributed by atoms with Crippen molar-refractivity contribution in [2.75, 3.05) is 5.32 Å². The fourth-order valence-corrected chi connectivity index (χ4v) is 2.99. The Morgan fingerprint density at radius 3 is 1.77 bits per heavy atom. The van der Waals surface area contributed by atoms with Crippen molar-refractivity contribution in [2.45, 2.75) is 85.0 Å². The van der Waals surface area contributed by atoms with Crippen molar-refractivity contribution in [2.24, 2.45) is 0 Å². The summed E-state index contributed by atoms with van der Waals surface area (Å²) in [5, 5.41) is 3.02. The predicted molar refractivity (Wildman–Crippen MR) is 116 cm³/mol. The highest BCUT2D eigenvalue weighted by Gasteiger charge is 2.06. The molecule has 26 heavy (non-hydrogen) atoms. The number of unbranched alkanes of at least 4 members (excludes halogenated alkanes) is 8. The number of carbonyl (C=O) groups excluding carboxylic acids is 1. The van der Waals surface area contributed by atoms with Gasteiger partial charge in [-0.1, -0.05) is 94.9 Å². The van der Waals surface area contributed by atoms with E-state index in [4.69, 9.17) is 0 Å². The van der Waals surface area contributed by atoms with Crippen molar-refractivity contribution in [3.8, 4) is 0 Å². The summed E-state index contributed by atoms with van der Waals surface area (Å²) in [6.07, 6.45) is 21.1. The Balaban J connectivity index is 2.75. The molecule has 2 nitrogen and oxygen atoms in total. The molecule has 0 unspecified atom stereocenters. The minimum absolute atomic E-state index is 0.0219. The van der Waals surface area contributed by atoms with E-state index in [-0.39, 0.29) is 5.91 Å². The van der Waals surface area contributed by atoms with Crippen LogP contribution in [0.5, 0.6) is 0 Å². The van der Waals surface area contributed by atoms with Crippen LogP contribution in [0, 0.1) is 0 Å². The molecule has 0 aromatic heterocycles. The smallest absolute Gasteiger partial charge is 0.221 e. The van der Waals surface area contributed by atoms with Crippen molar-refractivity contribution in [1.82, 2.24) is 0 Å². The van der Waals surface area contributed by atoms with Gasteiger partial charge < -0.3 is 5.32 Å². The Hall–Kier alpha value is -1.83. The van der Waals surface area contributed by atoms with E-state index in [1.165, 1.54) is 51.4 Å². The van der Waals surface area contributed by atoms with E-state index in [9.17, 15) is 4.79 Å². The number of anilines is 1. The molecule has 1 amide bonds. The number of rotatable bonds is 13. The fourth-order valence-electron chi connectivity index (χ4n) is 2.99.